The first-order chi connectivity index (χ1) is 7.10. The first-order valence-electron chi connectivity index (χ1n) is 5.29. The lowest BCUT2D eigenvalue weighted by Gasteiger charge is -2.21. The maximum absolute atomic E-state index is 8.58. The molecule has 0 heterocycles. The average molecular weight is 208 g/mol. The van der Waals surface area contributed by atoms with Crippen LogP contribution in [0.15, 0.2) is 0 Å². The summed E-state index contributed by atoms with van der Waals surface area (Å²) in [6.07, 6.45) is 0. The molecule has 0 radical (unpaired) electrons. The van der Waals surface area contributed by atoms with Crippen molar-refractivity contribution in [1.82, 2.24) is 10.2 Å². The zero-order valence-corrected chi connectivity index (χ0v) is 9.82. The van der Waals surface area contributed by atoms with E-state index < -0.39 is 0 Å². The normalized spacial score (nSPS) is 12.5. The zero-order valence-electron chi connectivity index (χ0n) is 9.82. The van der Waals surface area contributed by atoms with Gasteiger partial charge in [0.15, 0.2) is 0 Å². The van der Waals surface area contributed by atoms with Crippen molar-refractivity contribution >= 4 is 0 Å². The van der Waals surface area contributed by atoms with Crippen molar-refractivity contribution in [3.8, 4) is 12.1 Å². The van der Waals surface area contributed by atoms with Crippen LogP contribution in [0.3, 0.4) is 0 Å². The van der Waals surface area contributed by atoms with Crippen LogP contribution in [0.4, 0.5) is 0 Å². The number of nitriles is 2. The van der Waals surface area contributed by atoms with Crippen molar-refractivity contribution in [2.45, 2.75) is 26.8 Å². The minimum absolute atomic E-state index is 0.333. The lowest BCUT2D eigenvalue weighted by atomic mass is 10.1. The van der Waals surface area contributed by atoms with Crippen LogP contribution >= 0.6 is 0 Å². The van der Waals surface area contributed by atoms with E-state index in [9.17, 15) is 0 Å². The lowest BCUT2D eigenvalue weighted by molar-refractivity contribution is 0.282. The Hall–Kier alpha value is -1.10. The monoisotopic (exact) mass is 208 g/mol. The second kappa shape index (κ2) is 8.23. The van der Waals surface area contributed by atoms with E-state index in [1.165, 1.54) is 0 Å². The Morgan fingerprint density at radius 3 is 2.07 bits per heavy atom. The molecule has 1 atom stereocenters. The standard InChI is InChI=1S/C11H20N4/c1-10(2)14-8-11(3)9-15(6-4-12)7-5-13/h10-11,14H,6-9H2,1-3H3. The highest BCUT2D eigenvalue weighted by Gasteiger charge is 2.09. The second-order valence-electron chi connectivity index (χ2n) is 4.15. The van der Waals surface area contributed by atoms with Gasteiger partial charge in [0.1, 0.15) is 0 Å². The van der Waals surface area contributed by atoms with Gasteiger partial charge in [-0.25, -0.2) is 0 Å². The fourth-order valence-electron chi connectivity index (χ4n) is 1.33. The lowest BCUT2D eigenvalue weighted by Crippen LogP contribution is -2.36. The van der Waals surface area contributed by atoms with Crippen molar-refractivity contribution in [3.05, 3.63) is 0 Å². The van der Waals surface area contributed by atoms with E-state index in [1.807, 2.05) is 4.90 Å². The Kier molecular flexibility index (Phi) is 7.62. The summed E-state index contributed by atoms with van der Waals surface area (Å²) < 4.78 is 0. The van der Waals surface area contributed by atoms with Crippen molar-refractivity contribution < 1.29 is 0 Å². The Bertz CT molecular complexity index is 220. The van der Waals surface area contributed by atoms with E-state index in [2.05, 4.69) is 38.2 Å². The molecule has 1 unspecified atom stereocenters. The van der Waals surface area contributed by atoms with Crippen molar-refractivity contribution in [2.24, 2.45) is 5.92 Å². The van der Waals surface area contributed by atoms with Crippen LogP contribution in [0, 0.1) is 28.6 Å². The molecule has 1 N–H and O–H groups in total. The van der Waals surface area contributed by atoms with Gasteiger partial charge in [-0.15, -0.1) is 0 Å². The third kappa shape index (κ3) is 7.93. The third-order valence-electron chi connectivity index (χ3n) is 2.03. The number of hydrogen-bond donors (Lipinski definition) is 1. The highest BCUT2D eigenvalue weighted by molar-refractivity contribution is 4.84. The second-order valence-corrected chi connectivity index (χ2v) is 4.15. The molecule has 0 spiro atoms. The number of hydrogen-bond acceptors (Lipinski definition) is 4. The molecule has 0 saturated heterocycles. The first kappa shape index (κ1) is 13.9. The molecular weight excluding hydrogens is 188 g/mol. The minimum atomic E-state index is 0.333. The Balaban J connectivity index is 3.84. The molecule has 0 aromatic rings. The van der Waals surface area contributed by atoms with Gasteiger partial charge in [0, 0.05) is 12.6 Å². The molecule has 0 aliphatic rings. The van der Waals surface area contributed by atoms with Crippen LogP contribution in [0.1, 0.15) is 20.8 Å². The molecular formula is C11H20N4. The summed E-state index contributed by atoms with van der Waals surface area (Å²) in [5.74, 6) is 0.453. The molecule has 15 heavy (non-hydrogen) atoms. The van der Waals surface area contributed by atoms with Gasteiger partial charge in [0.25, 0.3) is 0 Å². The molecule has 0 aliphatic heterocycles. The summed E-state index contributed by atoms with van der Waals surface area (Å²) in [7, 11) is 0. The van der Waals surface area contributed by atoms with E-state index in [-0.39, 0.29) is 0 Å². The molecule has 0 aromatic heterocycles. The molecule has 0 saturated carbocycles. The van der Waals surface area contributed by atoms with E-state index in [0.29, 0.717) is 25.0 Å². The molecule has 0 fully saturated rings. The molecule has 4 heteroatoms. The van der Waals surface area contributed by atoms with Crippen LogP contribution in [0.25, 0.3) is 0 Å². The summed E-state index contributed by atoms with van der Waals surface area (Å²) in [5, 5.41) is 20.5. The molecule has 0 rings (SSSR count). The van der Waals surface area contributed by atoms with Crippen LogP contribution in [0.2, 0.25) is 0 Å². The van der Waals surface area contributed by atoms with Gasteiger partial charge >= 0.3 is 0 Å². The van der Waals surface area contributed by atoms with Crippen LogP contribution in [-0.2, 0) is 0 Å². The fourth-order valence-corrected chi connectivity index (χ4v) is 1.33. The number of nitrogens with one attached hydrogen (secondary N) is 1. The maximum atomic E-state index is 8.58. The van der Waals surface area contributed by atoms with E-state index in [4.69, 9.17) is 10.5 Å². The van der Waals surface area contributed by atoms with Gasteiger partial charge in [-0.3, -0.25) is 4.90 Å². The fraction of sp³-hybridized carbons (Fsp3) is 0.818. The highest BCUT2D eigenvalue weighted by Crippen LogP contribution is 1.98. The highest BCUT2D eigenvalue weighted by atomic mass is 15.1. The summed E-state index contributed by atoms with van der Waals surface area (Å²) in [6, 6.07) is 4.63. The van der Waals surface area contributed by atoms with Crippen molar-refractivity contribution in [2.75, 3.05) is 26.2 Å². The topological polar surface area (TPSA) is 62.9 Å². The molecule has 0 bridgehead atoms. The molecule has 0 aliphatic carbocycles. The average Bonchev–Trinajstić information content (AvgIpc) is 2.15. The predicted octanol–water partition coefficient (Wildman–Crippen LogP) is 0.970. The molecule has 0 aromatic carbocycles. The number of rotatable bonds is 7. The summed E-state index contributed by atoms with van der Waals surface area (Å²) in [4.78, 5) is 1.87. The van der Waals surface area contributed by atoms with Gasteiger partial charge in [-0.1, -0.05) is 20.8 Å². The van der Waals surface area contributed by atoms with Gasteiger partial charge in [0.05, 0.1) is 25.2 Å². The van der Waals surface area contributed by atoms with Crippen molar-refractivity contribution in [3.63, 3.8) is 0 Å². The van der Waals surface area contributed by atoms with Crippen LogP contribution in [0.5, 0.6) is 0 Å². The molecule has 0 amide bonds. The van der Waals surface area contributed by atoms with Gasteiger partial charge in [0.2, 0.25) is 0 Å². The predicted molar refractivity (Wildman–Crippen MR) is 60.0 cm³/mol. The van der Waals surface area contributed by atoms with E-state index in [0.717, 1.165) is 13.1 Å². The third-order valence-corrected chi connectivity index (χ3v) is 2.03. The van der Waals surface area contributed by atoms with Crippen molar-refractivity contribution in [1.29, 1.82) is 10.5 Å². The van der Waals surface area contributed by atoms with Crippen LogP contribution in [-0.4, -0.2) is 37.1 Å². The summed E-state index contributed by atoms with van der Waals surface area (Å²) >= 11 is 0. The summed E-state index contributed by atoms with van der Waals surface area (Å²) in [6.45, 7) is 8.71. The van der Waals surface area contributed by atoms with Gasteiger partial charge in [-0.2, -0.15) is 10.5 Å². The number of nitrogens with zero attached hydrogens (tertiary/aromatic N) is 3. The largest absolute Gasteiger partial charge is 0.314 e. The smallest absolute Gasteiger partial charge is 0.0874 e. The van der Waals surface area contributed by atoms with E-state index in [1.54, 1.807) is 0 Å². The first-order valence-corrected chi connectivity index (χ1v) is 5.29. The quantitative estimate of drug-likeness (QED) is 0.633. The SMILES string of the molecule is CC(CNC(C)C)CN(CC#N)CC#N. The zero-order chi connectivity index (χ0) is 11.7. The molecule has 4 nitrogen and oxygen atoms in total. The Morgan fingerprint density at radius 2 is 1.67 bits per heavy atom. The minimum Gasteiger partial charge on any atom is -0.314 e. The molecule has 84 valence electrons. The van der Waals surface area contributed by atoms with Crippen LogP contribution < -0.4 is 5.32 Å². The van der Waals surface area contributed by atoms with E-state index >= 15 is 0 Å². The summed E-state index contributed by atoms with van der Waals surface area (Å²) in [5.41, 5.74) is 0. The Morgan fingerprint density at radius 1 is 1.13 bits per heavy atom. The van der Waals surface area contributed by atoms with Gasteiger partial charge < -0.3 is 5.32 Å². The Labute approximate surface area is 92.5 Å². The van der Waals surface area contributed by atoms with Gasteiger partial charge in [-0.05, 0) is 12.5 Å². The maximum Gasteiger partial charge on any atom is 0.0874 e.